The maximum atomic E-state index is 12.1. The van der Waals surface area contributed by atoms with Crippen molar-refractivity contribution in [1.82, 2.24) is 10.2 Å². The third-order valence-electron chi connectivity index (χ3n) is 2.89. The fourth-order valence-electron chi connectivity index (χ4n) is 1.70. The van der Waals surface area contributed by atoms with Crippen LogP contribution in [0.25, 0.3) is 0 Å². The first-order chi connectivity index (χ1) is 9.05. The largest absolute Gasteiger partial charge is 0.280 e. The Morgan fingerprint density at radius 1 is 1.16 bits per heavy atom. The number of nitrogens with one attached hydrogen (secondary N) is 2. The molecule has 1 aromatic carbocycles. The molecule has 102 valence electrons. The number of aromatic nitrogens is 2. The molecule has 19 heavy (non-hydrogen) atoms. The summed E-state index contributed by atoms with van der Waals surface area (Å²) in [7, 11) is -3.57. The van der Waals surface area contributed by atoms with Crippen LogP contribution in [0.5, 0.6) is 0 Å². The minimum absolute atomic E-state index is 0.241. The molecule has 0 spiro atoms. The summed E-state index contributed by atoms with van der Waals surface area (Å²) >= 11 is 0. The van der Waals surface area contributed by atoms with Crippen molar-refractivity contribution in [3.63, 3.8) is 0 Å². The van der Waals surface area contributed by atoms with Gasteiger partial charge in [0.1, 0.15) is 0 Å². The molecule has 0 aliphatic carbocycles. The third kappa shape index (κ3) is 3.14. The lowest BCUT2D eigenvalue weighted by atomic mass is 10.2. The number of rotatable bonds is 5. The second-order valence-electron chi connectivity index (χ2n) is 4.23. The molecular formula is C13H17N3O2S. The van der Waals surface area contributed by atoms with Gasteiger partial charge in [-0.2, -0.15) is 5.10 Å². The number of hydrogen-bond donors (Lipinski definition) is 2. The lowest BCUT2D eigenvalue weighted by Crippen LogP contribution is -2.13. The first-order valence-corrected chi connectivity index (χ1v) is 7.69. The number of H-pyrrole nitrogens is 1. The Bertz CT molecular complexity index is 645. The number of nitrogens with zero attached hydrogens (tertiary/aromatic N) is 1. The Kier molecular flexibility index (Phi) is 3.90. The van der Waals surface area contributed by atoms with Gasteiger partial charge in [0.2, 0.25) is 0 Å². The molecule has 2 N–H and O–H groups in total. The van der Waals surface area contributed by atoms with E-state index in [0.29, 0.717) is 5.82 Å². The molecule has 5 nitrogen and oxygen atoms in total. The van der Waals surface area contributed by atoms with Gasteiger partial charge in [-0.15, -0.1) is 0 Å². The van der Waals surface area contributed by atoms with Crippen LogP contribution in [-0.2, 0) is 22.9 Å². The van der Waals surface area contributed by atoms with Crippen LogP contribution in [0.4, 0.5) is 5.82 Å². The maximum Gasteiger partial charge on any atom is 0.263 e. The number of aryl methyl sites for hydroxylation is 2. The summed E-state index contributed by atoms with van der Waals surface area (Å²) in [4.78, 5) is 0.241. The van der Waals surface area contributed by atoms with Crippen molar-refractivity contribution in [3.05, 3.63) is 41.6 Å². The molecule has 0 aliphatic rings. The monoisotopic (exact) mass is 279 g/mol. The lowest BCUT2D eigenvalue weighted by Gasteiger charge is -2.05. The Labute approximate surface area is 113 Å². The average molecular weight is 279 g/mol. The summed E-state index contributed by atoms with van der Waals surface area (Å²) in [5.41, 5.74) is 1.99. The molecule has 6 heteroatoms. The van der Waals surface area contributed by atoms with E-state index in [9.17, 15) is 8.42 Å². The molecule has 2 rings (SSSR count). The molecule has 2 aromatic rings. The van der Waals surface area contributed by atoms with Crippen molar-refractivity contribution in [1.29, 1.82) is 0 Å². The molecule has 0 aliphatic heterocycles. The first kappa shape index (κ1) is 13.6. The Morgan fingerprint density at radius 2 is 1.84 bits per heavy atom. The normalized spacial score (nSPS) is 11.5. The van der Waals surface area contributed by atoms with E-state index in [1.807, 2.05) is 26.0 Å². The number of aromatic amines is 1. The van der Waals surface area contributed by atoms with E-state index >= 15 is 0 Å². The zero-order valence-electron chi connectivity index (χ0n) is 11.0. The van der Waals surface area contributed by atoms with Crippen molar-refractivity contribution in [2.24, 2.45) is 0 Å². The van der Waals surface area contributed by atoms with Gasteiger partial charge in [0, 0.05) is 11.8 Å². The second-order valence-corrected chi connectivity index (χ2v) is 5.92. The van der Waals surface area contributed by atoms with E-state index < -0.39 is 10.0 Å². The number of anilines is 1. The number of sulfonamides is 1. The summed E-state index contributed by atoms with van der Waals surface area (Å²) < 4.78 is 26.7. The third-order valence-corrected chi connectivity index (χ3v) is 4.26. The highest BCUT2D eigenvalue weighted by Crippen LogP contribution is 2.16. The smallest absolute Gasteiger partial charge is 0.263 e. The molecule has 1 heterocycles. The van der Waals surface area contributed by atoms with Gasteiger partial charge in [-0.25, -0.2) is 8.42 Å². The molecule has 0 saturated heterocycles. The SMILES string of the molecule is CCc1ccc(S(=O)(=O)Nc2cc(CC)[nH]n2)cc1. The van der Waals surface area contributed by atoms with Crippen LogP contribution in [0.2, 0.25) is 0 Å². The zero-order valence-corrected chi connectivity index (χ0v) is 11.8. The minimum atomic E-state index is -3.57. The van der Waals surface area contributed by atoms with Crippen LogP contribution in [0, 0.1) is 0 Å². The van der Waals surface area contributed by atoms with Crippen LogP contribution in [0.3, 0.4) is 0 Å². The molecular weight excluding hydrogens is 262 g/mol. The summed E-state index contributed by atoms with van der Waals surface area (Å²) in [6, 6.07) is 8.54. The predicted molar refractivity (Wildman–Crippen MR) is 74.6 cm³/mol. The van der Waals surface area contributed by atoms with Gasteiger partial charge < -0.3 is 0 Å². The number of benzene rings is 1. The van der Waals surface area contributed by atoms with Gasteiger partial charge >= 0.3 is 0 Å². The van der Waals surface area contributed by atoms with Crippen LogP contribution in [-0.4, -0.2) is 18.6 Å². The second kappa shape index (κ2) is 5.44. The molecule has 0 atom stereocenters. The lowest BCUT2D eigenvalue weighted by molar-refractivity contribution is 0.601. The van der Waals surface area contributed by atoms with E-state index in [4.69, 9.17) is 0 Å². The van der Waals surface area contributed by atoms with Crippen LogP contribution in [0.1, 0.15) is 25.1 Å². The molecule has 0 amide bonds. The Morgan fingerprint density at radius 3 is 2.37 bits per heavy atom. The minimum Gasteiger partial charge on any atom is -0.280 e. The maximum absolute atomic E-state index is 12.1. The average Bonchev–Trinajstić information content (AvgIpc) is 2.85. The van der Waals surface area contributed by atoms with Crippen molar-refractivity contribution in [2.75, 3.05) is 4.72 Å². The van der Waals surface area contributed by atoms with Crippen molar-refractivity contribution in [2.45, 2.75) is 31.6 Å². The first-order valence-electron chi connectivity index (χ1n) is 6.21. The van der Waals surface area contributed by atoms with E-state index in [1.54, 1.807) is 18.2 Å². The summed E-state index contributed by atoms with van der Waals surface area (Å²) in [6.07, 6.45) is 1.66. The standard InChI is InChI=1S/C13H17N3O2S/c1-3-10-5-7-12(8-6-10)19(17,18)16-13-9-11(4-2)14-15-13/h5-9H,3-4H2,1-2H3,(H2,14,15,16). The topological polar surface area (TPSA) is 74.8 Å². The highest BCUT2D eigenvalue weighted by molar-refractivity contribution is 7.92. The van der Waals surface area contributed by atoms with Crippen molar-refractivity contribution in [3.8, 4) is 0 Å². The quantitative estimate of drug-likeness (QED) is 0.882. The summed E-state index contributed by atoms with van der Waals surface area (Å²) in [6.45, 7) is 3.99. The fraction of sp³-hybridized carbons (Fsp3) is 0.308. The van der Waals surface area contributed by atoms with E-state index in [2.05, 4.69) is 14.9 Å². The number of hydrogen-bond acceptors (Lipinski definition) is 3. The summed E-state index contributed by atoms with van der Waals surface area (Å²) in [5, 5.41) is 6.69. The van der Waals surface area contributed by atoms with Gasteiger partial charge in [-0.3, -0.25) is 9.82 Å². The van der Waals surface area contributed by atoms with E-state index in [0.717, 1.165) is 24.1 Å². The van der Waals surface area contributed by atoms with Gasteiger partial charge in [0.05, 0.1) is 4.90 Å². The molecule has 0 fully saturated rings. The van der Waals surface area contributed by atoms with Crippen molar-refractivity contribution < 1.29 is 8.42 Å². The fourth-order valence-corrected chi connectivity index (χ4v) is 2.69. The van der Waals surface area contributed by atoms with Gasteiger partial charge in [0.15, 0.2) is 5.82 Å². The zero-order chi connectivity index (χ0) is 13.9. The van der Waals surface area contributed by atoms with Crippen LogP contribution in [0.15, 0.2) is 35.2 Å². The summed E-state index contributed by atoms with van der Waals surface area (Å²) in [5.74, 6) is 0.316. The van der Waals surface area contributed by atoms with Crippen LogP contribution >= 0.6 is 0 Å². The Hall–Kier alpha value is -1.82. The Balaban J connectivity index is 2.21. The molecule has 0 saturated carbocycles. The van der Waals surface area contributed by atoms with Crippen LogP contribution < -0.4 is 4.72 Å². The molecule has 0 radical (unpaired) electrons. The van der Waals surface area contributed by atoms with E-state index in [1.165, 1.54) is 0 Å². The van der Waals surface area contributed by atoms with E-state index in [-0.39, 0.29) is 4.90 Å². The predicted octanol–water partition coefficient (Wildman–Crippen LogP) is 2.34. The highest BCUT2D eigenvalue weighted by atomic mass is 32.2. The molecule has 1 aromatic heterocycles. The van der Waals surface area contributed by atoms with Gasteiger partial charge in [-0.05, 0) is 30.5 Å². The van der Waals surface area contributed by atoms with Crippen molar-refractivity contribution >= 4 is 15.8 Å². The van der Waals surface area contributed by atoms with Gasteiger partial charge in [-0.1, -0.05) is 26.0 Å². The molecule has 0 unspecified atom stereocenters. The molecule has 0 bridgehead atoms. The highest BCUT2D eigenvalue weighted by Gasteiger charge is 2.15. The van der Waals surface area contributed by atoms with Gasteiger partial charge in [0.25, 0.3) is 10.0 Å².